The molecular formula is C20H33N5O2. The van der Waals surface area contributed by atoms with Crippen LogP contribution in [0.2, 0.25) is 0 Å². The number of likely N-dealkylation sites (tertiary alicyclic amines) is 1. The SMILES string of the molecule is CCc1cnc(N2CCC(N3CCCC(C(=O)NCCOC)C3)CC2)nc1. The Morgan fingerprint density at radius 1 is 1.22 bits per heavy atom. The summed E-state index contributed by atoms with van der Waals surface area (Å²) in [6.07, 6.45) is 9.15. The van der Waals surface area contributed by atoms with Gasteiger partial charge < -0.3 is 15.0 Å². The van der Waals surface area contributed by atoms with Gasteiger partial charge >= 0.3 is 0 Å². The maximum Gasteiger partial charge on any atom is 0.225 e. The topological polar surface area (TPSA) is 70.6 Å². The largest absolute Gasteiger partial charge is 0.383 e. The summed E-state index contributed by atoms with van der Waals surface area (Å²) < 4.78 is 5.02. The third kappa shape index (κ3) is 5.39. The van der Waals surface area contributed by atoms with Crippen molar-refractivity contribution >= 4 is 11.9 Å². The van der Waals surface area contributed by atoms with Gasteiger partial charge in [0.1, 0.15) is 0 Å². The molecule has 2 fully saturated rings. The molecule has 0 bridgehead atoms. The monoisotopic (exact) mass is 375 g/mol. The number of methoxy groups -OCH3 is 1. The van der Waals surface area contributed by atoms with Crippen molar-refractivity contribution in [2.45, 2.75) is 45.1 Å². The molecule has 0 spiro atoms. The molecule has 0 saturated carbocycles. The Kier molecular flexibility index (Phi) is 7.41. The Bertz CT molecular complexity index is 587. The van der Waals surface area contributed by atoms with E-state index in [9.17, 15) is 4.79 Å². The van der Waals surface area contributed by atoms with Gasteiger partial charge in [-0.3, -0.25) is 9.69 Å². The number of carbonyl (C=O) groups excluding carboxylic acids is 1. The van der Waals surface area contributed by atoms with Crippen LogP contribution < -0.4 is 10.2 Å². The minimum atomic E-state index is 0.110. The molecule has 1 N–H and O–H groups in total. The summed E-state index contributed by atoms with van der Waals surface area (Å²) in [6, 6.07) is 0.561. The Morgan fingerprint density at radius 2 is 1.96 bits per heavy atom. The fraction of sp³-hybridized carbons (Fsp3) is 0.750. The molecule has 1 unspecified atom stereocenters. The van der Waals surface area contributed by atoms with Crippen LogP contribution in [0.15, 0.2) is 12.4 Å². The summed E-state index contributed by atoms with van der Waals surface area (Å²) in [5, 5.41) is 3.00. The number of amides is 1. The summed E-state index contributed by atoms with van der Waals surface area (Å²) in [5.74, 6) is 1.14. The van der Waals surface area contributed by atoms with Crippen LogP contribution in [0.5, 0.6) is 0 Å². The maximum atomic E-state index is 12.4. The van der Waals surface area contributed by atoms with E-state index in [1.807, 2.05) is 12.4 Å². The number of hydrogen-bond acceptors (Lipinski definition) is 6. The summed E-state index contributed by atoms with van der Waals surface area (Å²) in [4.78, 5) is 26.2. The fourth-order valence-electron chi connectivity index (χ4n) is 4.10. The first-order chi connectivity index (χ1) is 13.2. The molecule has 27 heavy (non-hydrogen) atoms. The number of carbonyl (C=O) groups is 1. The Morgan fingerprint density at radius 3 is 2.63 bits per heavy atom. The van der Waals surface area contributed by atoms with Gasteiger partial charge in [0, 0.05) is 51.7 Å². The van der Waals surface area contributed by atoms with Crippen LogP contribution in [-0.2, 0) is 16.0 Å². The normalized spacial score (nSPS) is 22.0. The highest BCUT2D eigenvalue weighted by atomic mass is 16.5. The molecule has 1 aromatic rings. The molecule has 7 heteroatoms. The van der Waals surface area contributed by atoms with Gasteiger partial charge in [0.2, 0.25) is 11.9 Å². The van der Waals surface area contributed by atoms with Crippen molar-refractivity contribution in [2.24, 2.45) is 5.92 Å². The first kappa shape index (κ1) is 20.0. The predicted octanol–water partition coefficient (Wildman–Crippen LogP) is 1.48. The van der Waals surface area contributed by atoms with Crippen molar-refractivity contribution in [2.75, 3.05) is 51.3 Å². The van der Waals surface area contributed by atoms with Crippen LogP contribution in [0.4, 0.5) is 5.95 Å². The molecule has 3 heterocycles. The number of nitrogens with zero attached hydrogens (tertiary/aromatic N) is 4. The predicted molar refractivity (Wildman–Crippen MR) is 106 cm³/mol. The van der Waals surface area contributed by atoms with E-state index in [1.54, 1.807) is 7.11 Å². The number of nitrogens with one attached hydrogen (secondary N) is 1. The molecule has 150 valence electrons. The number of aryl methyl sites for hydroxylation is 1. The molecule has 7 nitrogen and oxygen atoms in total. The molecule has 0 aromatic carbocycles. The zero-order chi connectivity index (χ0) is 19.1. The minimum Gasteiger partial charge on any atom is -0.383 e. The van der Waals surface area contributed by atoms with Crippen molar-refractivity contribution < 1.29 is 9.53 Å². The van der Waals surface area contributed by atoms with Crippen molar-refractivity contribution in [1.29, 1.82) is 0 Å². The number of ether oxygens (including phenoxy) is 1. The van der Waals surface area contributed by atoms with Crippen molar-refractivity contribution in [1.82, 2.24) is 20.2 Å². The second kappa shape index (κ2) is 9.99. The van der Waals surface area contributed by atoms with Gasteiger partial charge in [0.25, 0.3) is 0 Å². The van der Waals surface area contributed by atoms with Crippen LogP contribution in [0.3, 0.4) is 0 Å². The molecule has 0 radical (unpaired) electrons. The number of hydrogen-bond donors (Lipinski definition) is 1. The number of anilines is 1. The quantitative estimate of drug-likeness (QED) is 0.728. The molecule has 2 aliphatic heterocycles. The summed E-state index contributed by atoms with van der Waals surface area (Å²) >= 11 is 0. The zero-order valence-electron chi connectivity index (χ0n) is 16.7. The van der Waals surface area contributed by atoms with Crippen molar-refractivity contribution in [3.05, 3.63) is 18.0 Å². The van der Waals surface area contributed by atoms with E-state index in [4.69, 9.17) is 4.74 Å². The van der Waals surface area contributed by atoms with Crippen molar-refractivity contribution in [3.8, 4) is 0 Å². The average molecular weight is 376 g/mol. The highest BCUT2D eigenvalue weighted by molar-refractivity contribution is 5.78. The molecule has 2 saturated heterocycles. The van der Waals surface area contributed by atoms with Gasteiger partial charge in [-0.25, -0.2) is 9.97 Å². The molecule has 0 aliphatic carbocycles. The third-order valence-corrected chi connectivity index (χ3v) is 5.79. The molecule has 1 aromatic heterocycles. The van der Waals surface area contributed by atoms with E-state index in [0.717, 1.165) is 64.2 Å². The van der Waals surface area contributed by atoms with Crippen LogP contribution in [0.25, 0.3) is 0 Å². The standard InChI is InChI=1S/C20H33N5O2/c1-3-16-13-22-20(23-14-16)24-10-6-18(7-11-24)25-9-4-5-17(15-25)19(26)21-8-12-27-2/h13-14,17-18H,3-12,15H2,1-2H3,(H,21,26). The number of rotatable bonds is 7. The van der Waals surface area contributed by atoms with Crippen molar-refractivity contribution in [3.63, 3.8) is 0 Å². The van der Waals surface area contributed by atoms with Crippen LogP contribution in [0.1, 0.15) is 38.2 Å². The van der Waals surface area contributed by atoms with Crippen LogP contribution in [0, 0.1) is 5.92 Å². The van der Waals surface area contributed by atoms with Crippen LogP contribution >= 0.6 is 0 Å². The maximum absolute atomic E-state index is 12.4. The lowest BCUT2D eigenvalue weighted by molar-refractivity contribution is -0.127. The van der Waals surface area contributed by atoms with Gasteiger partial charge in [-0.2, -0.15) is 0 Å². The van der Waals surface area contributed by atoms with Gasteiger partial charge in [-0.1, -0.05) is 6.92 Å². The summed E-state index contributed by atoms with van der Waals surface area (Å²) in [6.45, 7) is 7.24. The molecule has 1 atom stereocenters. The van der Waals surface area contributed by atoms with E-state index in [-0.39, 0.29) is 11.8 Å². The molecule has 2 aliphatic rings. The van der Waals surface area contributed by atoms with E-state index in [0.29, 0.717) is 19.2 Å². The zero-order valence-corrected chi connectivity index (χ0v) is 16.7. The molecule has 1 amide bonds. The smallest absolute Gasteiger partial charge is 0.225 e. The second-order valence-corrected chi connectivity index (χ2v) is 7.58. The van der Waals surface area contributed by atoms with E-state index < -0.39 is 0 Å². The summed E-state index contributed by atoms with van der Waals surface area (Å²) in [5.41, 5.74) is 1.18. The minimum absolute atomic E-state index is 0.110. The Hall–Kier alpha value is -1.73. The fourth-order valence-corrected chi connectivity index (χ4v) is 4.10. The number of aromatic nitrogens is 2. The van der Waals surface area contributed by atoms with Gasteiger partial charge in [-0.15, -0.1) is 0 Å². The Balaban J connectivity index is 1.47. The van der Waals surface area contributed by atoms with Gasteiger partial charge in [0.15, 0.2) is 0 Å². The third-order valence-electron chi connectivity index (χ3n) is 5.79. The lowest BCUT2D eigenvalue weighted by atomic mass is 9.93. The van der Waals surface area contributed by atoms with E-state index in [1.165, 1.54) is 5.56 Å². The first-order valence-electron chi connectivity index (χ1n) is 10.3. The van der Waals surface area contributed by atoms with Gasteiger partial charge in [0.05, 0.1) is 12.5 Å². The first-order valence-corrected chi connectivity index (χ1v) is 10.3. The summed E-state index contributed by atoms with van der Waals surface area (Å²) in [7, 11) is 1.66. The highest BCUT2D eigenvalue weighted by Gasteiger charge is 2.31. The van der Waals surface area contributed by atoms with E-state index in [2.05, 4.69) is 32.0 Å². The molecule has 3 rings (SSSR count). The van der Waals surface area contributed by atoms with Crippen LogP contribution in [-0.4, -0.2) is 73.3 Å². The molecular weight excluding hydrogens is 342 g/mol. The van der Waals surface area contributed by atoms with E-state index >= 15 is 0 Å². The highest BCUT2D eigenvalue weighted by Crippen LogP contribution is 2.25. The Labute approximate surface area is 162 Å². The average Bonchev–Trinajstić information content (AvgIpc) is 2.74. The lowest BCUT2D eigenvalue weighted by Gasteiger charge is -2.42. The lowest BCUT2D eigenvalue weighted by Crippen LogP contribution is -2.51. The second-order valence-electron chi connectivity index (χ2n) is 7.58. The van der Waals surface area contributed by atoms with Gasteiger partial charge in [-0.05, 0) is 44.2 Å². The number of piperidine rings is 2.